The second-order valence-corrected chi connectivity index (χ2v) is 8.24. The number of nitrogens with zero attached hydrogens (tertiary/aromatic N) is 1. The highest BCUT2D eigenvalue weighted by Gasteiger charge is 2.31. The lowest BCUT2D eigenvalue weighted by molar-refractivity contribution is -0.131. The summed E-state index contributed by atoms with van der Waals surface area (Å²) in [7, 11) is 0. The fraction of sp³-hybridized carbons (Fsp3) is 0.375. The summed E-state index contributed by atoms with van der Waals surface area (Å²) in [5.74, 6) is 0.834. The van der Waals surface area contributed by atoms with Crippen molar-refractivity contribution in [3.05, 3.63) is 65.2 Å². The van der Waals surface area contributed by atoms with E-state index in [4.69, 9.17) is 4.74 Å². The van der Waals surface area contributed by atoms with Crippen LogP contribution in [0, 0.1) is 0 Å². The molecule has 3 rings (SSSR count). The van der Waals surface area contributed by atoms with Crippen molar-refractivity contribution in [2.75, 3.05) is 4.90 Å². The van der Waals surface area contributed by atoms with E-state index in [0.717, 1.165) is 12.1 Å². The summed E-state index contributed by atoms with van der Waals surface area (Å²) in [6, 6.07) is 14.8. The molecule has 142 valence electrons. The van der Waals surface area contributed by atoms with E-state index >= 15 is 0 Å². The molecule has 0 unspecified atom stereocenters. The van der Waals surface area contributed by atoms with Gasteiger partial charge in [0.15, 0.2) is 0 Å². The van der Waals surface area contributed by atoms with Crippen molar-refractivity contribution in [3.8, 4) is 5.75 Å². The fourth-order valence-electron chi connectivity index (χ4n) is 3.77. The molecule has 0 aromatic heterocycles. The van der Waals surface area contributed by atoms with E-state index < -0.39 is 0 Å². The molecule has 0 N–H and O–H groups in total. The van der Waals surface area contributed by atoms with Gasteiger partial charge >= 0.3 is 5.97 Å². The minimum atomic E-state index is -0.296. The number of carbonyl (C=O) groups is 1. The van der Waals surface area contributed by atoms with Crippen LogP contribution in [-0.4, -0.2) is 11.5 Å². The van der Waals surface area contributed by atoms with Crippen LogP contribution < -0.4 is 9.64 Å². The molecule has 0 radical (unpaired) electrons. The third-order valence-electron chi connectivity index (χ3n) is 5.20. The first-order valence-electron chi connectivity index (χ1n) is 9.56. The van der Waals surface area contributed by atoms with Crippen LogP contribution in [0.25, 0.3) is 5.57 Å². The van der Waals surface area contributed by atoms with E-state index in [9.17, 15) is 4.79 Å². The zero-order chi connectivity index (χ0) is 19.8. The highest BCUT2D eigenvalue weighted by atomic mass is 16.5. The van der Waals surface area contributed by atoms with Crippen molar-refractivity contribution in [2.24, 2.45) is 0 Å². The number of fused-ring (bicyclic) bond motifs is 1. The maximum absolute atomic E-state index is 11.3. The largest absolute Gasteiger partial charge is 0.427 e. The number of anilines is 1. The highest BCUT2D eigenvalue weighted by Crippen LogP contribution is 2.41. The second-order valence-electron chi connectivity index (χ2n) is 8.24. The lowest BCUT2D eigenvalue weighted by Gasteiger charge is -2.43. The number of allylic oxidation sites excluding steroid dienone is 1. The van der Waals surface area contributed by atoms with Gasteiger partial charge in [0.25, 0.3) is 0 Å². The molecular weight excluding hydrogens is 334 g/mol. The first kappa shape index (κ1) is 19.2. The van der Waals surface area contributed by atoms with Gasteiger partial charge in [-0.05, 0) is 61.6 Å². The number of hydrogen-bond acceptors (Lipinski definition) is 3. The third kappa shape index (κ3) is 4.08. The Morgan fingerprint density at radius 3 is 2.37 bits per heavy atom. The van der Waals surface area contributed by atoms with Gasteiger partial charge in [-0.15, -0.1) is 0 Å². The smallest absolute Gasteiger partial charge is 0.308 e. The van der Waals surface area contributed by atoms with Gasteiger partial charge in [-0.2, -0.15) is 0 Å². The van der Waals surface area contributed by atoms with Crippen LogP contribution in [0.4, 0.5) is 5.69 Å². The van der Waals surface area contributed by atoms with Gasteiger partial charge in [-0.25, -0.2) is 0 Å². The molecule has 0 fully saturated rings. The topological polar surface area (TPSA) is 29.5 Å². The molecule has 1 heterocycles. The SMILES string of the molecule is CC(=O)Oc1ccc2c(c1)C(C)=CC(C)(C)N2Cc1ccc(C(C)C)cc1. The van der Waals surface area contributed by atoms with E-state index in [1.54, 1.807) is 0 Å². The molecule has 1 aliphatic rings. The number of benzene rings is 2. The van der Waals surface area contributed by atoms with Gasteiger partial charge < -0.3 is 9.64 Å². The van der Waals surface area contributed by atoms with Crippen LogP contribution in [-0.2, 0) is 11.3 Å². The first-order valence-corrected chi connectivity index (χ1v) is 9.56. The molecule has 1 aliphatic heterocycles. The molecule has 0 spiro atoms. The van der Waals surface area contributed by atoms with Crippen LogP contribution in [0.2, 0.25) is 0 Å². The minimum absolute atomic E-state index is 0.100. The van der Waals surface area contributed by atoms with Crippen LogP contribution in [0.5, 0.6) is 5.75 Å². The molecule has 2 aromatic rings. The molecule has 27 heavy (non-hydrogen) atoms. The number of esters is 1. The molecule has 0 amide bonds. The minimum Gasteiger partial charge on any atom is -0.427 e. The average molecular weight is 364 g/mol. The van der Waals surface area contributed by atoms with E-state index in [-0.39, 0.29) is 11.5 Å². The summed E-state index contributed by atoms with van der Waals surface area (Å²) in [5, 5.41) is 0. The second kappa shape index (κ2) is 7.22. The van der Waals surface area contributed by atoms with Gasteiger partial charge in [-0.3, -0.25) is 4.79 Å². The normalized spacial score (nSPS) is 15.4. The quantitative estimate of drug-likeness (QED) is 0.497. The average Bonchev–Trinajstić information content (AvgIpc) is 2.58. The number of carbonyl (C=O) groups excluding carboxylic acids is 1. The Morgan fingerprint density at radius 2 is 1.78 bits per heavy atom. The summed E-state index contributed by atoms with van der Waals surface area (Å²) in [6.07, 6.45) is 2.29. The van der Waals surface area contributed by atoms with Crippen molar-refractivity contribution < 1.29 is 9.53 Å². The molecule has 0 bridgehead atoms. The fourth-order valence-corrected chi connectivity index (χ4v) is 3.77. The molecular formula is C24H29NO2. The standard InChI is InChI=1S/C24H29NO2/c1-16(2)20-9-7-19(8-10-20)15-25-23-12-11-21(27-18(4)26)13-22(23)17(3)14-24(25,5)6/h7-14,16H,15H2,1-6H3. The van der Waals surface area contributed by atoms with Gasteiger partial charge in [0.2, 0.25) is 0 Å². The molecule has 0 saturated heterocycles. The van der Waals surface area contributed by atoms with Crippen LogP contribution in [0.15, 0.2) is 48.5 Å². The van der Waals surface area contributed by atoms with E-state index in [0.29, 0.717) is 11.7 Å². The van der Waals surface area contributed by atoms with Crippen molar-refractivity contribution in [2.45, 2.75) is 59.5 Å². The predicted octanol–water partition coefficient (Wildman–Crippen LogP) is 5.94. The Balaban J connectivity index is 1.96. The van der Waals surface area contributed by atoms with Gasteiger partial charge in [0.05, 0.1) is 5.54 Å². The molecule has 2 aromatic carbocycles. The Hall–Kier alpha value is -2.55. The Bertz CT molecular complexity index is 876. The van der Waals surface area contributed by atoms with Crippen molar-refractivity contribution >= 4 is 17.2 Å². The Labute approximate surface area is 162 Å². The highest BCUT2D eigenvalue weighted by molar-refractivity contribution is 5.82. The number of ether oxygens (including phenoxy) is 1. The lowest BCUT2D eigenvalue weighted by atomic mass is 9.88. The van der Waals surface area contributed by atoms with Gasteiger partial charge in [0, 0.05) is 24.7 Å². The lowest BCUT2D eigenvalue weighted by Crippen LogP contribution is -2.44. The molecule has 0 saturated carbocycles. The molecule has 3 nitrogen and oxygen atoms in total. The summed E-state index contributed by atoms with van der Waals surface area (Å²) in [5.41, 5.74) is 6.04. The van der Waals surface area contributed by atoms with Crippen LogP contribution in [0.3, 0.4) is 0 Å². The monoisotopic (exact) mass is 363 g/mol. The molecule has 0 aliphatic carbocycles. The summed E-state index contributed by atoms with van der Waals surface area (Å²) < 4.78 is 5.29. The first-order chi connectivity index (χ1) is 12.7. The maximum atomic E-state index is 11.3. The zero-order valence-electron chi connectivity index (χ0n) is 17.2. The van der Waals surface area contributed by atoms with E-state index in [2.05, 4.69) is 75.9 Å². The molecule has 3 heteroatoms. The molecule has 0 atom stereocenters. The predicted molar refractivity (Wildman–Crippen MR) is 112 cm³/mol. The van der Waals surface area contributed by atoms with Crippen molar-refractivity contribution in [1.29, 1.82) is 0 Å². The van der Waals surface area contributed by atoms with Gasteiger partial charge in [0.1, 0.15) is 5.75 Å². The summed E-state index contributed by atoms with van der Waals surface area (Å²) in [4.78, 5) is 13.7. The van der Waals surface area contributed by atoms with Crippen molar-refractivity contribution in [3.63, 3.8) is 0 Å². The third-order valence-corrected chi connectivity index (χ3v) is 5.20. The maximum Gasteiger partial charge on any atom is 0.308 e. The summed E-state index contributed by atoms with van der Waals surface area (Å²) in [6.45, 7) is 13.3. The van der Waals surface area contributed by atoms with Crippen molar-refractivity contribution in [1.82, 2.24) is 0 Å². The van der Waals surface area contributed by atoms with Crippen LogP contribution in [0.1, 0.15) is 64.2 Å². The zero-order valence-corrected chi connectivity index (χ0v) is 17.2. The van der Waals surface area contributed by atoms with E-state index in [1.165, 1.54) is 29.3 Å². The number of rotatable bonds is 4. The van der Waals surface area contributed by atoms with Gasteiger partial charge in [-0.1, -0.05) is 44.2 Å². The summed E-state index contributed by atoms with van der Waals surface area (Å²) >= 11 is 0. The van der Waals surface area contributed by atoms with Crippen LogP contribution >= 0.6 is 0 Å². The number of hydrogen-bond donors (Lipinski definition) is 0. The Morgan fingerprint density at radius 1 is 1.11 bits per heavy atom. The Kier molecular flexibility index (Phi) is 5.14. The van der Waals surface area contributed by atoms with E-state index in [1.807, 2.05) is 12.1 Å².